The zero-order valence-electron chi connectivity index (χ0n) is 5.32. The summed E-state index contributed by atoms with van der Waals surface area (Å²) in [6.07, 6.45) is 1.01. The Balaban J connectivity index is 3.36. The summed E-state index contributed by atoms with van der Waals surface area (Å²) in [6, 6.07) is 0. The molecule has 0 amide bonds. The molecule has 0 aliphatic carbocycles. The molecule has 0 aliphatic heterocycles. The normalized spacial score (nSPS) is 12.0. The molecule has 0 saturated carbocycles. The van der Waals surface area contributed by atoms with Crippen molar-refractivity contribution in [3.8, 4) is 0 Å². The summed E-state index contributed by atoms with van der Waals surface area (Å²) in [5.74, 6) is 0. The second-order valence-electron chi connectivity index (χ2n) is 2.26. The van der Waals surface area contributed by atoms with Gasteiger partial charge in [0.1, 0.15) is 0 Å². The molecule has 1 nitrogen and oxygen atoms in total. The first kappa shape index (κ1) is 6.96. The molecule has 0 aromatic carbocycles. The van der Waals surface area contributed by atoms with Crippen LogP contribution in [-0.4, -0.2) is 5.60 Å². The standard InChI is InChI=1S/C6H13O/c1-5-6(2,3)7-4/h4-5H2,1-3H3. The summed E-state index contributed by atoms with van der Waals surface area (Å²) in [4.78, 5) is 0. The maximum absolute atomic E-state index is 4.84. The van der Waals surface area contributed by atoms with Gasteiger partial charge in [-0.05, 0) is 20.3 Å². The Morgan fingerprint density at radius 1 is 1.57 bits per heavy atom. The van der Waals surface area contributed by atoms with Gasteiger partial charge in [0, 0.05) is 0 Å². The van der Waals surface area contributed by atoms with Crippen molar-refractivity contribution in [3.05, 3.63) is 7.11 Å². The van der Waals surface area contributed by atoms with Crippen LogP contribution in [0.3, 0.4) is 0 Å². The van der Waals surface area contributed by atoms with Gasteiger partial charge in [-0.1, -0.05) is 6.92 Å². The highest BCUT2D eigenvalue weighted by molar-refractivity contribution is 4.63. The van der Waals surface area contributed by atoms with Crippen LogP contribution in [0.5, 0.6) is 0 Å². The van der Waals surface area contributed by atoms with Gasteiger partial charge < -0.3 is 4.74 Å². The SMILES string of the molecule is [CH2]OC(C)(C)CC. The van der Waals surface area contributed by atoms with Crippen LogP contribution < -0.4 is 0 Å². The van der Waals surface area contributed by atoms with E-state index in [9.17, 15) is 0 Å². The molecular weight excluding hydrogens is 88.1 g/mol. The Labute approximate surface area is 45.7 Å². The Morgan fingerprint density at radius 2 is 2.00 bits per heavy atom. The largest absolute Gasteiger partial charge is 0.373 e. The van der Waals surface area contributed by atoms with Crippen molar-refractivity contribution in [2.24, 2.45) is 0 Å². The first-order chi connectivity index (χ1) is 3.12. The molecular formula is C6H13O. The lowest BCUT2D eigenvalue weighted by atomic mass is 10.1. The van der Waals surface area contributed by atoms with Gasteiger partial charge in [-0.15, -0.1) is 0 Å². The topological polar surface area (TPSA) is 9.23 Å². The van der Waals surface area contributed by atoms with Gasteiger partial charge >= 0.3 is 0 Å². The first-order valence-electron chi connectivity index (χ1n) is 2.55. The van der Waals surface area contributed by atoms with E-state index in [1.54, 1.807) is 0 Å². The van der Waals surface area contributed by atoms with Crippen LogP contribution in [0.4, 0.5) is 0 Å². The fourth-order valence-corrected chi connectivity index (χ4v) is 0.102. The summed E-state index contributed by atoms with van der Waals surface area (Å²) in [7, 11) is 3.33. The maximum atomic E-state index is 4.84. The predicted molar refractivity (Wildman–Crippen MR) is 30.8 cm³/mol. The monoisotopic (exact) mass is 101 g/mol. The summed E-state index contributed by atoms with van der Waals surface area (Å²) in [5, 5.41) is 0. The van der Waals surface area contributed by atoms with Crippen LogP contribution in [0.2, 0.25) is 0 Å². The minimum atomic E-state index is -0.0278. The van der Waals surface area contributed by atoms with Crippen molar-refractivity contribution in [1.29, 1.82) is 0 Å². The molecule has 0 bridgehead atoms. The van der Waals surface area contributed by atoms with Crippen LogP contribution in [0.15, 0.2) is 0 Å². The predicted octanol–water partition coefficient (Wildman–Crippen LogP) is 1.98. The average molecular weight is 101 g/mol. The highest BCUT2D eigenvalue weighted by Gasteiger charge is 2.10. The van der Waals surface area contributed by atoms with E-state index in [-0.39, 0.29) is 5.60 Å². The Kier molecular flexibility index (Phi) is 2.30. The van der Waals surface area contributed by atoms with E-state index in [1.807, 2.05) is 13.8 Å². The summed E-state index contributed by atoms with van der Waals surface area (Å²) in [5.41, 5.74) is -0.0278. The van der Waals surface area contributed by atoms with Gasteiger partial charge in [0.15, 0.2) is 0 Å². The molecule has 0 rings (SSSR count). The Bertz CT molecular complexity index is 42.1. The molecule has 0 aromatic heterocycles. The van der Waals surface area contributed by atoms with Gasteiger partial charge in [-0.25, -0.2) is 0 Å². The van der Waals surface area contributed by atoms with Gasteiger partial charge in [-0.2, -0.15) is 0 Å². The first-order valence-corrected chi connectivity index (χ1v) is 2.55. The van der Waals surface area contributed by atoms with Crippen LogP contribution in [0.25, 0.3) is 0 Å². The van der Waals surface area contributed by atoms with E-state index in [2.05, 4.69) is 14.0 Å². The van der Waals surface area contributed by atoms with Crippen molar-refractivity contribution in [3.63, 3.8) is 0 Å². The van der Waals surface area contributed by atoms with Gasteiger partial charge in [-0.3, -0.25) is 0 Å². The summed E-state index contributed by atoms with van der Waals surface area (Å²) in [6.45, 7) is 6.10. The minimum Gasteiger partial charge on any atom is -0.373 e. The zero-order chi connectivity index (χ0) is 5.91. The van der Waals surface area contributed by atoms with Crippen LogP contribution in [0, 0.1) is 7.11 Å². The molecule has 0 saturated heterocycles. The minimum absolute atomic E-state index is 0.0278. The zero-order valence-corrected chi connectivity index (χ0v) is 5.32. The maximum Gasteiger partial charge on any atom is 0.0708 e. The molecule has 0 spiro atoms. The fraction of sp³-hybridized carbons (Fsp3) is 0.833. The van der Waals surface area contributed by atoms with Crippen molar-refractivity contribution in [2.45, 2.75) is 32.8 Å². The van der Waals surface area contributed by atoms with E-state index in [4.69, 9.17) is 4.74 Å². The lowest BCUT2D eigenvalue weighted by Gasteiger charge is -2.19. The average Bonchev–Trinajstić information content (AvgIpc) is 1.68. The lowest BCUT2D eigenvalue weighted by Crippen LogP contribution is -2.18. The van der Waals surface area contributed by atoms with Crippen molar-refractivity contribution in [2.75, 3.05) is 0 Å². The van der Waals surface area contributed by atoms with Crippen LogP contribution in [-0.2, 0) is 4.74 Å². The quantitative estimate of drug-likeness (QED) is 0.516. The molecule has 0 fully saturated rings. The molecule has 0 N–H and O–H groups in total. The van der Waals surface area contributed by atoms with E-state index in [1.165, 1.54) is 0 Å². The third-order valence-corrected chi connectivity index (χ3v) is 1.24. The third kappa shape index (κ3) is 2.63. The number of rotatable bonds is 2. The smallest absolute Gasteiger partial charge is 0.0708 e. The van der Waals surface area contributed by atoms with Crippen LogP contribution in [0.1, 0.15) is 27.2 Å². The van der Waals surface area contributed by atoms with E-state index in [0.717, 1.165) is 6.42 Å². The molecule has 0 heterocycles. The van der Waals surface area contributed by atoms with Crippen molar-refractivity contribution >= 4 is 0 Å². The molecule has 0 aliphatic rings. The molecule has 0 aromatic rings. The van der Waals surface area contributed by atoms with Crippen LogP contribution >= 0.6 is 0 Å². The summed E-state index contributed by atoms with van der Waals surface area (Å²) < 4.78 is 4.84. The second-order valence-corrected chi connectivity index (χ2v) is 2.26. The highest BCUT2D eigenvalue weighted by atomic mass is 16.5. The van der Waals surface area contributed by atoms with Gasteiger partial charge in [0.2, 0.25) is 0 Å². The molecule has 0 atom stereocenters. The second kappa shape index (κ2) is 2.31. The van der Waals surface area contributed by atoms with Crippen molar-refractivity contribution in [1.82, 2.24) is 0 Å². The van der Waals surface area contributed by atoms with Gasteiger partial charge in [0.05, 0.1) is 12.7 Å². The molecule has 0 unspecified atom stereocenters. The highest BCUT2D eigenvalue weighted by Crippen LogP contribution is 2.11. The number of hydrogen-bond acceptors (Lipinski definition) is 1. The Hall–Kier alpha value is -0.0400. The number of ether oxygens (including phenoxy) is 1. The van der Waals surface area contributed by atoms with Crippen molar-refractivity contribution < 1.29 is 4.74 Å². The third-order valence-electron chi connectivity index (χ3n) is 1.24. The van der Waals surface area contributed by atoms with Gasteiger partial charge in [0.25, 0.3) is 0 Å². The number of hydrogen-bond donors (Lipinski definition) is 0. The van der Waals surface area contributed by atoms with E-state index >= 15 is 0 Å². The fourth-order valence-electron chi connectivity index (χ4n) is 0.102. The molecule has 43 valence electrons. The Morgan fingerprint density at radius 3 is 2.00 bits per heavy atom. The summed E-state index contributed by atoms with van der Waals surface area (Å²) >= 11 is 0. The van der Waals surface area contributed by atoms with E-state index in [0.29, 0.717) is 0 Å². The molecule has 1 radical (unpaired) electrons. The lowest BCUT2D eigenvalue weighted by molar-refractivity contribution is 0.0488. The van der Waals surface area contributed by atoms with E-state index < -0.39 is 0 Å². The molecule has 7 heavy (non-hydrogen) atoms. The molecule has 1 heteroatoms.